The number of hydrogen-bond acceptors (Lipinski definition) is 6. The highest BCUT2D eigenvalue weighted by Crippen LogP contribution is 2.19. The van der Waals surface area contributed by atoms with Gasteiger partial charge in [-0.15, -0.1) is 0 Å². The Labute approximate surface area is 236 Å². The van der Waals surface area contributed by atoms with Gasteiger partial charge in [0, 0.05) is 42.3 Å². The Morgan fingerprint density at radius 1 is 0.902 bits per heavy atom. The Morgan fingerprint density at radius 3 is 2.41 bits per heavy atom. The van der Waals surface area contributed by atoms with Gasteiger partial charge in [0.15, 0.2) is 0 Å². The number of nitrogens with two attached hydrogens (primary N) is 2. The molecule has 0 aliphatic rings. The Morgan fingerprint density at radius 2 is 1.68 bits per heavy atom. The highest BCUT2D eigenvalue weighted by atomic mass is 19.1. The van der Waals surface area contributed by atoms with E-state index in [4.69, 9.17) is 11.5 Å². The molecule has 3 unspecified atom stereocenters. The molecule has 4 aromatic rings. The molecule has 3 atom stereocenters. The van der Waals surface area contributed by atoms with Crippen LogP contribution in [0.5, 0.6) is 0 Å². The van der Waals surface area contributed by atoms with Crippen molar-refractivity contribution in [3.63, 3.8) is 0 Å². The first-order valence-electron chi connectivity index (χ1n) is 13.0. The number of pyridine rings is 1. The second-order valence-corrected chi connectivity index (χ2v) is 9.73. The van der Waals surface area contributed by atoms with E-state index in [0.717, 1.165) is 34.9 Å². The quantitative estimate of drug-likeness (QED) is 0.191. The van der Waals surface area contributed by atoms with Gasteiger partial charge in [0.2, 0.25) is 0 Å². The van der Waals surface area contributed by atoms with Gasteiger partial charge in [-0.25, -0.2) is 8.78 Å². The summed E-state index contributed by atoms with van der Waals surface area (Å²) in [5.41, 5.74) is 15.6. The lowest BCUT2D eigenvalue weighted by molar-refractivity contribution is -0.124. The van der Waals surface area contributed by atoms with E-state index >= 15 is 0 Å². The number of halogens is 2. The molecule has 0 radical (unpaired) electrons. The van der Waals surface area contributed by atoms with E-state index in [9.17, 15) is 23.5 Å². The molecule has 2 amide bonds. The monoisotopic (exact) mass is 559 g/mol. The third-order valence-corrected chi connectivity index (χ3v) is 6.50. The minimum absolute atomic E-state index is 0.0160. The molecule has 0 aliphatic carbocycles. The van der Waals surface area contributed by atoms with Crippen molar-refractivity contribution in [2.24, 2.45) is 11.5 Å². The second kappa shape index (κ2) is 13.7. The van der Waals surface area contributed by atoms with Crippen molar-refractivity contribution in [1.82, 2.24) is 10.3 Å². The van der Waals surface area contributed by atoms with Crippen molar-refractivity contribution in [2.75, 3.05) is 11.9 Å². The number of hydrogen-bond donors (Lipinski definition) is 5. The summed E-state index contributed by atoms with van der Waals surface area (Å²) in [6.45, 7) is 0.0160. The Kier molecular flexibility index (Phi) is 9.86. The first kappa shape index (κ1) is 29.5. The third-order valence-electron chi connectivity index (χ3n) is 6.50. The molecule has 0 bridgehead atoms. The molecule has 1 heterocycles. The van der Waals surface area contributed by atoms with Gasteiger partial charge in [0.05, 0.1) is 0 Å². The second-order valence-electron chi connectivity index (χ2n) is 9.73. The van der Waals surface area contributed by atoms with Crippen LogP contribution in [0, 0.1) is 11.6 Å². The lowest BCUT2D eigenvalue weighted by atomic mass is 9.99. The van der Waals surface area contributed by atoms with Gasteiger partial charge in [-0.05, 0) is 77.6 Å². The van der Waals surface area contributed by atoms with Crippen molar-refractivity contribution >= 4 is 17.5 Å². The summed E-state index contributed by atoms with van der Waals surface area (Å²) in [5, 5.41) is 15.8. The number of aliphatic hydroxyl groups is 1. The number of nitrogens with one attached hydrogen (secondary N) is 2. The number of carbonyl (C=O) groups is 2. The maximum Gasteiger partial charge on any atom is 0.254 e. The topological polar surface area (TPSA) is 143 Å². The predicted octanol–water partition coefficient (Wildman–Crippen LogP) is 3.20. The molecule has 8 nitrogen and oxygen atoms in total. The van der Waals surface area contributed by atoms with Crippen molar-refractivity contribution < 1.29 is 23.5 Å². The Balaban J connectivity index is 1.28. The largest absolute Gasteiger partial charge is 0.382 e. The molecule has 4 rings (SSSR count). The van der Waals surface area contributed by atoms with Crippen LogP contribution in [0.25, 0.3) is 11.1 Å². The van der Waals surface area contributed by atoms with Gasteiger partial charge in [-0.3, -0.25) is 14.6 Å². The number of aromatic nitrogens is 1. The smallest absolute Gasteiger partial charge is 0.254 e. The normalized spacial score (nSPS) is 13.2. The van der Waals surface area contributed by atoms with Crippen LogP contribution in [0.15, 0.2) is 91.3 Å². The third kappa shape index (κ3) is 8.24. The first-order chi connectivity index (χ1) is 19.7. The molecule has 1 aromatic heterocycles. The van der Waals surface area contributed by atoms with Crippen LogP contribution >= 0.6 is 0 Å². The average Bonchev–Trinajstić information content (AvgIpc) is 2.98. The standard InChI is InChI=1S/C31H31F2N5O3/c32-24-10-11-27(33)23(14-24)15-25(34)18-37-30(40)21-3-1-5-26(16-21)38-31(41)29(39)28(35)13-19-6-8-20(9-7-19)22-4-2-12-36-17-22/h1-12,14,16-17,25,28-29,39H,13,15,18,34-35H2,(H,37,40)(H,38,41). The zero-order chi connectivity index (χ0) is 29.4. The zero-order valence-corrected chi connectivity index (χ0v) is 22.1. The fraction of sp³-hybridized carbons (Fsp3) is 0.194. The predicted molar refractivity (Wildman–Crippen MR) is 153 cm³/mol. The SMILES string of the molecule is NC(CNC(=O)c1cccc(NC(=O)C(O)C(N)Cc2ccc(-c3cccnc3)cc2)c1)Cc1cc(F)ccc1F. The maximum absolute atomic E-state index is 13.9. The molecular formula is C31H31F2N5O3. The Bertz CT molecular complexity index is 1490. The summed E-state index contributed by atoms with van der Waals surface area (Å²) >= 11 is 0. The van der Waals surface area contributed by atoms with Crippen molar-refractivity contribution in [1.29, 1.82) is 0 Å². The number of anilines is 1. The molecule has 0 saturated heterocycles. The van der Waals surface area contributed by atoms with Gasteiger partial charge in [-0.1, -0.05) is 36.4 Å². The molecule has 0 spiro atoms. The number of carbonyl (C=O) groups excluding carboxylic acids is 2. The van der Waals surface area contributed by atoms with E-state index in [1.165, 1.54) is 6.07 Å². The number of rotatable bonds is 11. The van der Waals surface area contributed by atoms with E-state index in [2.05, 4.69) is 15.6 Å². The first-order valence-corrected chi connectivity index (χ1v) is 13.0. The van der Waals surface area contributed by atoms with E-state index in [0.29, 0.717) is 5.69 Å². The summed E-state index contributed by atoms with van der Waals surface area (Å²) < 4.78 is 27.2. The molecular weight excluding hydrogens is 528 g/mol. The maximum atomic E-state index is 13.9. The fourth-order valence-corrected chi connectivity index (χ4v) is 4.28. The average molecular weight is 560 g/mol. The summed E-state index contributed by atoms with van der Waals surface area (Å²) in [5.74, 6) is -2.32. The van der Waals surface area contributed by atoms with Gasteiger partial charge >= 0.3 is 0 Å². The van der Waals surface area contributed by atoms with E-state index in [-0.39, 0.29) is 30.5 Å². The van der Waals surface area contributed by atoms with Gasteiger partial charge in [0.25, 0.3) is 11.8 Å². The number of amides is 2. The molecule has 212 valence electrons. The highest BCUT2D eigenvalue weighted by Gasteiger charge is 2.23. The van der Waals surface area contributed by atoms with E-state index in [1.54, 1.807) is 30.6 Å². The van der Waals surface area contributed by atoms with Crippen LogP contribution in [0.3, 0.4) is 0 Å². The van der Waals surface area contributed by atoms with Crippen LogP contribution in [0.4, 0.5) is 14.5 Å². The summed E-state index contributed by atoms with van der Waals surface area (Å²) in [6.07, 6.45) is 2.27. The van der Waals surface area contributed by atoms with Crippen molar-refractivity contribution in [2.45, 2.75) is 31.0 Å². The highest BCUT2D eigenvalue weighted by molar-refractivity contribution is 5.98. The van der Waals surface area contributed by atoms with Crippen LogP contribution < -0.4 is 22.1 Å². The van der Waals surface area contributed by atoms with Gasteiger partial charge in [-0.2, -0.15) is 0 Å². The minimum atomic E-state index is -1.49. The number of aliphatic hydroxyl groups excluding tert-OH is 1. The summed E-state index contributed by atoms with van der Waals surface area (Å²) in [6, 6.07) is 19.2. The van der Waals surface area contributed by atoms with Gasteiger partial charge in [0.1, 0.15) is 17.7 Å². The van der Waals surface area contributed by atoms with E-state index in [1.807, 2.05) is 36.4 Å². The summed E-state index contributed by atoms with van der Waals surface area (Å²) in [7, 11) is 0. The lowest BCUT2D eigenvalue weighted by Gasteiger charge is -2.19. The van der Waals surface area contributed by atoms with Crippen molar-refractivity contribution in [3.8, 4) is 11.1 Å². The van der Waals surface area contributed by atoms with Crippen molar-refractivity contribution in [3.05, 3.63) is 120 Å². The van der Waals surface area contributed by atoms with Crippen LogP contribution in [-0.4, -0.2) is 46.6 Å². The molecule has 0 aliphatic heterocycles. The van der Waals surface area contributed by atoms with Crippen LogP contribution in [-0.2, 0) is 17.6 Å². The minimum Gasteiger partial charge on any atom is -0.382 e. The molecule has 41 heavy (non-hydrogen) atoms. The van der Waals surface area contributed by atoms with E-state index < -0.39 is 41.6 Å². The fourth-order valence-electron chi connectivity index (χ4n) is 4.28. The van der Waals surface area contributed by atoms with Crippen LogP contribution in [0.1, 0.15) is 21.5 Å². The summed E-state index contributed by atoms with van der Waals surface area (Å²) in [4.78, 5) is 29.4. The molecule has 10 heteroatoms. The van der Waals surface area contributed by atoms with Gasteiger partial charge < -0.3 is 27.2 Å². The Hall–Kier alpha value is -4.51. The molecule has 0 saturated carbocycles. The molecule has 0 fully saturated rings. The molecule has 7 N–H and O–H groups in total. The molecule has 3 aromatic carbocycles. The lowest BCUT2D eigenvalue weighted by Crippen LogP contribution is -2.44. The number of nitrogens with zero attached hydrogens (tertiary/aromatic N) is 1. The zero-order valence-electron chi connectivity index (χ0n) is 22.1. The van der Waals surface area contributed by atoms with Crippen LogP contribution in [0.2, 0.25) is 0 Å². The number of benzene rings is 3.